The minimum absolute atomic E-state index is 0.103. The van der Waals surface area contributed by atoms with Gasteiger partial charge in [-0.3, -0.25) is 0 Å². The van der Waals surface area contributed by atoms with E-state index in [1.165, 1.54) is 32.1 Å². The van der Waals surface area contributed by atoms with Crippen LogP contribution in [0.1, 0.15) is 43.8 Å². The smallest absolute Gasteiger partial charge is 0.113 e. The van der Waals surface area contributed by atoms with Crippen LogP contribution in [-0.2, 0) is 6.54 Å². The molecule has 1 fully saturated rings. The number of hydrogen-bond acceptors (Lipinski definition) is 2. The monoisotopic (exact) mass is 312 g/mol. The summed E-state index contributed by atoms with van der Waals surface area (Å²) >= 11 is 12.2. The van der Waals surface area contributed by atoms with Crippen LogP contribution in [0.3, 0.4) is 0 Å². The molecule has 3 rings (SSSR count). The Balaban J connectivity index is 2.12. The maximum atomic E-state index is 9.34. The summed E-state index contributed by atoms with van der Waals surface area (Å²) in [6.07, 6.45) is 6.18. The van der Waals surface area contributed by atoms with Crippen molar-refractivity contribution in [1.82, 2.24) is 9.55 Å². The van der Waals surface area contributed by atoms with Crippen LogP contribution < -0.4 is 0 Å². The van der Waals surface area contributed by atoms with E-state index in [2.05, 4.69) is 4.57 Å². The number of imidazole rings is 1. The van der Waals surface area contributed by atoms with Gasteiger partial charge in [0.05, 0.1) is 27.7 Å². The van der Waals surface area contributed by atoms with Gasteiger partial charge in [0.1, 0.15) is 5.82 Å². The van der Waals surface area contributed by atoms with Crippen LogP contribution in [0, 0.1) is 0 Å². The number of nitrogens with zero attached hydrogens (tertiary/aromatic N) is 2. The van der Waals surface area contributed by atoms with E-state index in [-0.39, 0.29) is 6.61 Å². The highest BCUT2D eigenvalue weighted by atomic mass is 35.5. The number of halogens is 2. The summed E-state index contributed by atoms with van der Waals surface area (Å²) in [5.41, 5.74) is 1.84. The van der Waals surface area contributed by atoms with Crippen molar-refractivity contribution >= 4 is 34.2 Å². The van der Waals surface area contributed by atoms with E-state index in [1.807, 2.05) is 12.1 Å². The van der Waals surface area contributed by atoms with Crippen LogP contribution in [0.15, 0.2) is 12.1 Å². The molecule has 2 aromatic rings. The van der Waals surface area contributed by atoms with Crippen molar-refractivity contribution < 1.29 is 5.11 Å². The molecular weight excluding hydrogens is 295 g/mol. The van der Waals surface area contributed by atoms with Crippen molar-refractivity contribution in [3.8, 4) is 0 Å². The van der Waals surface area contributed by atoms with Gasteiger partial charge in [-0.05, 0) is 25.0 Å². The second-order valence-electron chi connectivity index (χ2n) is 5.44. The molecule has 0 unspecified atom stereocenters. The zero-order valence-corrected chi connectivity index (χ0v) is 12.8. The third kappa shape index (κ3) is 2.54. The maximum Gasteiger partial charge on any atom is 0.113 e. The zero-order chi connectivity index (χ0) is 14.1. The van der Waals surface area contributed by atoms with Crippen LogP contribution in [-0.4, -0.2) is 21.3 Å². The molecule has 0 spiro atoms. The Morgan fingerprint density at radius 2 is 1.85 bits per heavy atom. The first kappa shape index (κ1) is 14.2. The van der Waals surface area contributed by atoms with E-state index in [9.17, 15) is 5.11 Å². The predicted molar refractivity (Wildman–Crippen MR) is 82.7 cm³/mol. The molecule has 1 aromatic heterocycles. The van der Waals surface area contributed by atoms with E-state index >= 15 is 0 Å². The van der Waals surface area contributed by atoms with Crippen molar-refractivity contribution in [3.05, 3.63) is 28.0 Å². The number of hydrogen-bond donors (Lipinski definition) is 1. The summed E-state index contributed by atoms with van der Waals surface area (Å²) in [6, 6.07) is 3.67. The second kappa shape index (κ2) is 5.92. The van der Waals surface area contributed by atoms with Gasteiger partial charge in [0.25, 0.3) is 0 Å². The van der Waals surface area contributed by atoms with E-state index < -0.39 is 0 Å². The first-order chi connectivity index (χ1) is 9.70. The van der Waals surface area contributed by atoms with Gasteiger partial charge in [-0.25, -0.2) is 4.98 Å². The van der Waals surface area contributed by atoms with Crippen LogP contribution in [0.2, 0.25) is 10.0 Å². The average molecular weight is 313 g/mol. The lowest BCUT2D eigenvalue weighted by atomic mass is 9.88. The molecule has 5 heteroatoms. The van der Waals surface area contributed by atoms with Gasteiger partial charge in [0, 0.05) is 12.5 Å². The summed E-state index contributed by atoms with van der Waals surface area (Å²) in [4.78, 5) is 4.77. The summed E-state index contributed by atoms with van der Waals surface area (Å²) in [6.45, 7) is 0.658. The third-order valence-corrected chi connectivity index (χ3v) is 4.84. The van der Waals surface area contributed by atoms with E-state index in [1.54, 1.807) is 0 Å². The van der Waals surface area contributed by atoms with Crippen LogP contribution in [0.5, 0.6) is 0 Å². The highest BCUT2D eigenvalue weighted by Crippen LogP contribution is 2.35. The molecule has 0 saturated heterocycles. The SMILES string of the molecule is OCCn1c(C2CCCCC2)nc2cc(Cl)c(Cl)cc21. The minimum atomic E-state index is 0.103. The molecule has 1 heterocycles. The molecule has 0 radical (unpaired) electrons. The largest absolute Gasteiger partial charge is 0.395 e. The van der Waals surface area contributed by atoms with Crippen molar-refractivity contribution in [2.45, 2.75) is 44.6 Å². The lowest BCUT2D eigenvalue weighted by molar-refractivity contribution is 0.273. The highest BCUT2D eigenvalue weighted by molar-refractivity contribution is 6.42. The van der Waals surface area contributed by atoms with Crippen molar-refractivity contribution in [3.63, 3.8) is 0 Å². The van der Waals surface area contributed by atoms with Crippen molar-refractivity contribution in [2.75, 3.05) is 6.61 Å². The Hall–Kier alpha value is -0.770. The normalized spacial score (nSPS) is 16.9. The van der Waals surface area contributed by atoms with Crippen LogP contribution in [0.4, 0.5) is 0 Å². The third-order valence-electron chi connectivity index (χ3n) is 4.11. The summed E-state index contributed by atoms with van der Waals surface area (Å²) in [7, 11) is 0. The number of aliphatic hydroxyl groups excluding tert-OH is 1. The molecule has 1 aliphatic carbocycles. The molecule has 20 heavy (non-hydrogen) atoms. The quantitative estimate of drug-likeness (QED) is 0.913. The van der Waals surface area contributed by atoms with E-state index in [4.69, 9.17) is 28.2 Å². The molecule has 0 atom stereocenters. The first-order valence-electron chi connectivity index (χ1n) is 7.16. The Morgan fingerprint density at radius 1 is 1.15 bits per heavy atom. The van der Waals surface area contributed by atoms with Gasteiger partial charge in [-0.2, -0.15) is 0 Å². The Kier molecular flexibility index (Phi) is 4.20. The Morgan fingerprint density at radius 3 is 2.55 bits per heavy atom. The predicted octanol–water partition coefficient (Wildman–Crippen LogP) is 4.38. The van der Waals surface area contributed by atoms with Crippen molar-refractivity contribution in [2.24, 2.45) is 0 Å². The van der Waals surface area contributed by atoms with Gasteiger partial charge < -0.3 is 9.67 Å². The van der Waals surface area contributed by atoms with Gasteiger partial charge in [0.15, 0.2) is 0 Å². The van der Waals surface area contributed by atoms with Gasteiger partial charge >= 0.3 is 0 Å². The molecule has 3 nitrogen and oxygen atoms in total. The second-order valence-corrected chi connectivity index (χ2v) is 6.25. The van der Waals surface area contributed by atoms with Crippen LogP contribution >= 0.6 is 23.2 Å². The fourth-order valence-corrected chi connectivity index (χ4v) is 3.46. The summed E-state index contributed by atoms with van der Waals surface area (Å²) < 4.78 is 2.10. The molecule has 1 N–H and O–H groups in total. The molecule has 1 aromatic carbocycles. The van der Waals surface area contributed by atoms with Gasteiger partial charge in [0.2, 0.25) is 0 Å². The fourth-order valence-electron chi connectivity index (χ4n) is 3.15. The Bertz CT molecular complexity index is 618. The molecule has 1 saturated carbocycles. The van der Waals surface area contributed by atoms with Gasteiger partial charge in [-0.15, -0.1) is 0 Å². The van der Waals surface area contributed by atoms with Crippen molar-refractivity contribution in [1.29, 1.82) is 0 Å². The standard InChI is InChI=1S/C15H18Cl2N2O/c16-11-8-13-14(9-12(11)17)19(6-7-20)15(18-13)10-4-2-1-3-5-10/h8-10,20H,1-7H2. The number of fused-ring (bicyclic) bond motifs is 1. The molecular formula is C15H18Cl2N2O. The lowest BCUT2D eigenvalue weighted by Gasteiger charge is -2.22. The molecule has 1 aliphatic rings. The average Bonchev–Trinajstić information content (AvgIpc) is 2.79. The maximum absolute atomic E-state index is 9.34. The molecule has 108 valence electrons. The number of aromatic nitrogens is 2. The molecule has 0 bridgehead atoms. The van der Waals surface area contributed by atoms with E-state index in [0.29, 0.717) is 22.5 Å². The molecule has 0 aliphatic heterocycles. The van der Waals surface area contributed by atoms with Gasteiger partial charge in [-0.1, -0.05) is 42.5 Å². The number of benzene rings is 1. The number of aliphatic hydroxyl groups is 1. The zero-order valence-electron chi connectivity index (χ0n) is 11.3. The summed E-state index contributed by atoms with van der Waals surface area (Å²) in [5, 5.41) is 10.4. The summed E-state index contributed by atoms with van der Waals surface area (Å²) in [5.74, 6) is 1.56. The first-order valence-corrected chi connectivity index (χ1v) is 7.92. The molecule has 0 amide bonds. The highest BCUT2D eigenvalue weighted by Gasteiger charge is 2.22. The topological polar surface area (TPSA) is 38.0 Å². The lowest BCUT2D eigenvalue weighted by Crippen LogP contribution is -2.13. The van der Waals surface area contributed by atoms with E-state index in [0.717, 1.165) is 16.9 Å². The number of rotatable bonds is 3. The minimum Gasteiger partial charge on any atom is -0.395 e. The Labute approximate surface area is 128 Å². The van der Waals surface area contributed by atoms with Crippen LogP contribution in [0.25, 0.3) is 11.0 Å². The fraction of sp³-hybridized carbons (Fsp3) is 0.533.